The molecule has 6 heteroatoms. The molecule has 2 heterocycles. The van der Waals surface area contributed by atoms with Crippen LogP contribution < -0.4 is 0 Å². The van der Waals surface area contributed by atoms with E-state index in [2.05, 4.69) is 12.1 Å². The molecule has 0 aliphatic carbocycles. The molecule has 0 unspecified atom stereocenters. The van der Waals surface area contributed by atoms with Gasteiger partial charge in [-0.15, -0.1) is 0 Å². The normalized spacial score (nSPS) is 28.8. The Balaban J connectivity index is 1.71. The summed E-state index contributed by atoms with van der Waals surface area (Å²) in [5, 5.41) is 0. The molecule has 4 rings (SSSR count). The number of hydrogen-bond acceptors (Lipinski definition) is 4. The molecule has 2 aromatic rings. The molecule has 144 valence electrons. The van der Waals surface area contributed by atoms with E-state index in [1.807, 2.05) is 37.3 Å². The van der Waals surface area contributed by atoms with Gasteiger partial charge in [-0.05, 0) is 37.5 Å². The van der Waals surface area contributed by atoms with Crippen LogP contribution in [0.2, 0.25) is 0 Å². The maximum Gasteiger partial charge on any atom is 0.245 e. The van der Waals surface area contributed by atoms with Gasteiger partial charge in [-0.2, -0.15) is 4.31 Å². The zero-order chi connectivity index (χ0) is 19.0. The molecule has 0 bridgehead atoms. The van der Waals surface area contributed by atoms with Gasteiger partial charge >= 0.3 is 0 Å². The molecule has 0 aromatic heterocycles. The van der Waals surface area contributed by atoms with Gasteiger partial charge in [0.25, 0.3) is 0 Å². The standard InChI is InChI=1S/C21H25NO4S/c1-15-8-10-17(11-9-15)27(23,24)22-14-19(16-6-4-3-5-7-16)18-12-13-20(25-2)26-21(18)22/h3-11,18-21H,12-14H2,1-2H3/t18-,19-,20+,21-/m1/s1. The Morgan fingerprint density at radius 2 is 1.74 bits per heavy atom. The van der Waals surface area contributed by atoms with Crippen LogP contribution >= 0.6 is 0 Å². The summed E-state index contributed by atoms with van der Waals surface area (Å²) in [5.74, 6) is 0.244. The van der Waals surface area contributed by atoms with Gasteiger partial charge in [0.2, 0.25) is 10.0 Å². The lowest BCUT2D eigenvalue weighted by atomic mass is 9.84. The lowest BCUT2D eigenvalue weighted by Crippen LogP contribution is -2.44. The van der Waals surface area contributed by atoms with Crippen molar-refractivity contribution in [2.24, 2.45) is 5.92 Å². The summed E-state index contributed by atoms with van der Waals surface area (Å²) in [4.78, 5) is 0.309. The van der Waals surface area contributed by atoms with E-state index in [-0.39, 0.29) is 18.1 Å². The first-order chi connectivity index (χ1) is 13.0. The Labute approximate surface area is 161 Å². The van der Waals surface area contributed by atoms with E-state index < -0.39 is 16.3 Å². The van der Waals surface area contributed by atoms with Crippen molar-refractivity contribution in [2.75, 3.05) is 13.7 Å². The highest BCUT2D eigenvalue weighted by atomic mass is 32.2. The maximum atomic E-state index is 13.4. The number of sulfonamides is 1. The molecule has 4 atom stereocenters. The van der Waals surface area contributed by atoms with E-state index in [0.29, 0.717) is 11.4 Å². The number of fused-ring (bicyclic) bond motifs is 1. The molecule has 2 fully saturated rings. The third-order valence-electron chi connectivity index (χ3n) is 5.69. The largest absolute Gasteiger partial charge is 0.356 e. The van der Waals surface area contributed by atoms with Crippen molar-refractivity contribution in [1.82, 2.24) is 4.31 Å². The first-order valence-electron chi connectivity index (χ1n) is 9.32. The molecule has 2 aliphatic rings. The number of methoxy groups -OCH3 is 1. The van der Waals surface area contributed by atoms with E-state index in [0.717, 1.165) is 24.0 Å². The summed E-state index contributed by atoms with van der Waals surface area (Å²) in [6, 6.07) is 17.1. The van der Waals surface area contributed by atoms with Gasteiger partial charge in [0.15, 0.2) is 6.29 Å². The number of benzene rings is 2. The van der Waals surface area contributed by atoms with Crippen LogP contribution in [-0.4, -0.2) is 38.9 Å². The second-order valence-corrected chi connectivity index (χ2v) is 9.23. The lowest BCUT2D eigenvalue weighted by molar-refractivity contribution is -0.212. The van der Waals surface area contributed by atoms with E-state index >= 15 is 0 Å². The number of rotatable bonds is 4. The first kappa shape index (κ1) is 18.6. The fourth-order valence-corrected chi connectivity index (χ4v) is 5.80. The Morgan fingerprint density at radius 3 is 2.41 bits per heavy atom. The minimum Gasteiger partial charge on any atom is -0.356 e. The number of aryl methyl sites for hydroxylation is 1. The number of hydrogen-bond donors (Lipinski definition) is 0. The van der Waals surface area contributed by atoms with E-state index in [1.54, 1.807) is 19.2 Å². The zero-order valence-electron chi connectivity index (χ0n) is 15.6. The minimum atomic E-state index is -3.65. The molecule has 0 spiro atoms. The van der Waals surface area contributed by atoms with Crippen molar-refractivity contribution in [3.05, 3.63) is 65.7 Å². The summed E-state index contributed by atoms with van der Waals surface area (Å²) in [6.45, 7) is 2.37. The van der Waals surface area contributed by atoms with Crippen LogP contribution in [0.5, 0.6) is 0 Å². The average Bonchev–Trinajstić information content (AvgIpc) is 3.08. The molecule has 0 radical (unpaired) electrons. The summed E-state index contributed by atoms with van der Waals surface area (Å²) in [6.07, 6.45) is 0.791. The molecule has 2 saturated heterocycles. The summed E-state index contributed by atoms with van der Waals surface area (Å²) < 4.78 is 39.7. The number of ether oxygens (including phenoxy) is 2. The molecule has 27 heavy (non-hydrogen) atoms. The first-order valence-corrected chi connectivity index (χ1v) is 10.8. The van der Waals surface area contributed by atoms with E-state index in [9.17, 15) is 8.42 Å². The highest BCUT2D eigenvalue weighted by Gasteiger charge is 2.51. The fraction of sp³-hybridized carbons (Fsp3) is 0.429. The van der Waals surface area contributed by atoms with Gasteiger partial charge in [0.05, 0.1) is 4.90 Å². The van der Waals surface area contributed by atoms with Crippen LogP contribution in [-0.2, 0) is 19.5 Å². The van der Waals surface area contributed by atoms with E-state index in [1.165, 1.54) is 4.31 Å². The summed E-state index contributed by atoms with van der Waals surface area (Å²) >= 11 is 0. The van der Waals surface area contributed by atoms with Crippen LogP contribution in [0.3, 0.4) is 0 Å². The van der Waals surface area contributed by atoms with Gasteiger partial charge in [-0.25, -0.2) is 8.42 Å². The highest BCUT2D eigenvalue weighted by molar-refractivity contribution is 7.89. The van der Waals surface area contributed by atoms with Gasteiger partial charge in [0, 0.05) is 25.5 Å². The van der Waals surface area contributed by atoms with Crippen molar-refractivity contribution in [3.63, 3.8) is 0 Å². The molecule has 2 aliphatic heterocycles. The van der Waals surface area contributed by atoms with Crippen LogP contribution in [0.4, 0.5) is 0 Å². The predicted molar refractivity (Wildman–Crippen MR) is 103 cm³/mol. The second kappa shape index (κ2) is 7.36. The van der Waals surface area contributed by atoms with Crippen molar-refractivity contribution >= 4 is 10.0 Å². The monoisotopic (exact) mass is 387 g/mol. The molecule has 0 saturated carbocycles. The van der Waals surface area contributed by atoms with Crippen LogP contribution in [0.15, 0.2) is 59.5 Å². The zero-order valence-corrected chi connectivity index (χ0v) is 16.4. The Morgan fingerprint density at radius 1 is 1.04 bits per heavy atom. The Bertz CT molecular complexity index is 882. The Hall–Kier alpha value is -1.73. The van der Waals surface area contributed by atoms with Crippen molar-refractivity contribution in [1.29, 1.82) is 0 Å². The smallest absolute Gasteiger partial charge is 0.245 e. The second-order valence-electron chi connectivity index (χ2n) is 7.34. The van der Waals surface area contributed by atoms with E-state index in [4.69, 9.17) is 9.47 Å². The summed E-state index contributed by atoms with van der Waals surface area (Å²) in [5.41, 5.74) is 2.19. The predicted octanol–water partition coefficient (Wildman–Crippen LogP) is 3.51. The van der Waals surface area contributed by atoms with Crippen LogP contribution in [0.1, 0.15) is 29.9 Å². The van der Waals surface area contributed by atoms with Crippen LogP contribution in [0, 0.1) is 12.8 Å². The highest BCUT2D eigenvalue weighted by Crippen LogP contribution is 2.46. The topological polar surface area (TPSA) is 55.8 Å². The summed E-state index contributed by atoms with van der Waals surface area (Å²) in [7, 11) is -2.04. The van der Waals surface area contributed by atoms with Gasteiger partial charge in [-0.1, -0.05) is 48.0 Å². The average molecular weight is 388 g/mol. The minimum absolute atomic E-state index is 0.120. The molecular weight excluding hydrogens is 362 g/mol. The molecule has 5 nitrogen and oxygen atoms in total. The number of nitrogens with zero attached hydrogens (tertiary/aromatic N) is 1. The third kappa shape index (κ3) is 3.43. The van der Waals surface area contributed by atoms with Gasteiger partial charge in [0.1, 0.15) is 6.23 Å². The Kier molecular flexibility index (Phi) is 5.07. The molecule has 0 amide bonds. The molecule has 2 aromatic carbocycles. The van der Waals surface area contributed by atoms with Gasteiger partial charge in [-0.3, -0.25) is 0 Å². The molecule has 0 N–H and O–H groups in total. The third-order valence-corrected chi connectivity index (χ3v) is 7.53. The lowest BCUT2D eigenvalue weighted by Gasteiger charge is -2.36. The van der Waals surface area contributed by atoms with Crippen LogP contribution in [0.25, 0.3) is 0 Å². The quantitative estimate of drug-likeness (QED) is 0.806. The van der Waals surface area contributed by atoms with Gasteiger partial charge < -0.3 is 9.47 Å². The van der Waals surface area contributed by atoms with Crippen molar-refractivity contribution in [2.45, 2.75) is 43.1 Å². The SMILES string of the molecule is CO[C@@H]1CC[C@@H]2[C@@H](c3ccccc3)CN(S(=O)(=O)c3ccc(C)cc3)[C@@H]2O1. The van der Waals surface area contributed by atoms with Crippen molar-refractivity contribution in [3.8, 4) is 0 Å². The fourth-order valence-electron chi connectivity index (χ4n) is 4.22. The van der Waals surface area contributed by atoms with Crippen molar-refractivity contribution < 1.29 is 17.9 Å². The maximum absolute atomic E-state index is 13.4. The molecular formula is C21H25NO4S.